The second kappa shape index (κ2) is 7.76. The highest BCUT2D eigenvalue weighted by molar-refractivity contribution is 8.00. The molecule has 26 heavy (non-hydrogen) atoms. The van der Waals surface area contributed by atoms with Gasteiger partial charge < -0.3 is 15.4 Å². The summed E-state index contributed by atoms with van der Waals surface area (Å²) in [5.74, 6) is -1.33. The summed E-state index contributed by atoms with van der Waals surface area (Å²) < 4.78 is 5.01. The van der Waals surface area contributed by atoms with Gasteiger partial charge in [0, 0.05) is 11.1 Å². The third-order valence-electron chi connectivity index (χ3n) is 3.51. The van der Waals surface area contributed by atoms with Gasteiger partial charge in [-0.05, 0) is 37.3 Å². The van der Waals surface area contributed by atoms with Crippen molar-refractivity contribution >= 4 is 52.5 Å². The third kappa shape index (κ3) is 4.14. The number of fused-ring (bicyclic) bond motifs is 1. The second-order valence-corrected chi connectivity index (χ2v) is 7.17. The van der Waals surface area contributed by atoms with E-state index in [0.29, 0.717) is 11.4 Å². The highest BCUT2D eigenvalue weighted by Gasteiger charge is 2.24. The Balaban J connectivity index is 1.60. The Morgan fingerprint density at radius 2 is 2.19 bits per heavy atom. The maximum atomic E-state index is 12.1. The summed E-state index contributed by atoms with van der Waals surface area (Å²) >= 11 is 7.26. The topological polar surface area (TPSA) is 97.4 Å². The van der Waals surface area contributed by atoms with E-state index in [1.54, 1.807) is 31.2 Å². The maximum Gasteiger partial charge on any atom is 0.338 e. The molecule has 0 bridgehead atoms. The minimum atomic E-state index is -0.668. The summed E-state index contributed by atoms with van der Waals surface area (Å²) in [7, 11) is 0. The number of carbonyl (C=O) groups is 3. The van der Waals surface area contributed by atoms with Crippen LogP contribution in [0.5, 0.6) is 0 Å². The molecular weight excluding hydrogens is 378 g/mol. The van der Waals surface area contributed by atoms with Crippen LogP contribution in [0.2, 0.25) is 5.15 Å². The summed E-state index contributed by atoms with van der Waals surface area (Å²) in [6.07, 6.45) is 1.49. The lowest BCUT2D eigenvalue weighted by molar-refractivity contribution is -0.119. The molecule has 3 rings (SSSR count). The number of thioether (sulfide) groups is 1. The highest BCUT2D eigenvalue weighted by atomic mass is 35.5. The van der Waals surface area contributed by atoms with Crippen molar-refractivity contribution in [2.45, 2.75) is 17.1 Å². The van der Waals surface area contributed by atoms with E-state index in [1.807, 2.05) is 0 Å². The molecule has 7 nitrogen and oxygen atoms in total. The van der Waals surface area contributed by atoms with E-state index in [9.17, 15) is 14.4 Å². The average molecular weight is 392 g/mol. The molecule has 1 aromatic carbocycles. The lowest BCUT2D eigenvalue weighted by Crippen LogP contribution is -2.26. The molecule has 0 saturated carbocycles. The quantitative estimate of drug-likeness (QED) is 0.614. The Bertz CT molecular complexity index is 890. The SMILES string of the molecule is C[C@@H]1Sc2ccc(C(=O)OCC(=O)Nc3cccnc3Cl)cc2NC1=O. The Morgan fingerprint density at radius 1 is 1.38 bits per heavy atom. The van der Waals surface area contributed by atoms with Crippen molar-refractivity contribution in [1.82, 2.24) is 4.98 Å². The van der Waals surface area contributed by atoms with Crippen molar-refractivity contribution in [3.63, 3.8) is 0 Å². The van der Waals surface area contributed by atoms with Gasteiger partial charge in [0.15, 0.2) is 11.8 Å². The largest absolute Gasteiger partial charge is 0.452 e. The maximum absolute atomic E-state index is 12.1. The number of aromatic nitrogens is 1. The van der Waals surface area contributed by atoms with E-state index in [0.717, 1.165) is 4.90 Å². The number of nitrogens with zero attached hydrogens (tertiary/aromatic N) is 1. The van der Waals surface area contributed by atoms with Gasteiger partial charge in [0.25, 0.3) is 5.91 Å². The summed E-state index contributed by atoms with van der Waals surface area (Å²) in [5.41, 5.74) is 1.13. The predicted molar refractivity (Wildman–Crippen MR) is 98.5 cm³/mol. The molecule has 2 aromatic rings. The van der Waals surface area contributed by atoms with Crippen LogP contribution >= 0.6 is 23.4 Å². The summed E-state index contributed by atoms with van der Waals surface area (Å²) in [6.45, 7) is 1.33. The first-order chi connectivity index (χ1) is 12.4. The predicted octanol–water partition coefficient (Wildman–Crippen LogP) is 2.96. The number of pyridine rings is 1. The molecule has 1 atom stereocenters. The van der Waals surface area contributed by atoms with Crippen molar-refractivity contribution < 1.29 is 19.1 Å². The Morgan fingerprint density at radius 3 is 2.96 bits per heavy atom. The van der Waals surface area contributed by atoms with Crippen LogP contribution in [0.15, 0.2) is 41.4 Å². The highest BCUT2D eigenvalue weighted by Crippen LogP contribution is 2.36. The lowest BCUT2D eigenvalue weighted by atomic mass is 10.2. The first kappa shape index (κ1) is 18.2. The summed E-state index contributed by atoms with van der Waals surface area (Å²) in [6, 6.07) is 8.06. The van der Waals surface area contributed by atoms with E-state index in [-0.39, 0.29) is 21.9 Å². The number of nitrogens with one attached hydrogen (secondary N) is 2. The Labute approximate surface area is 158 Å². The summed E-state index contributed by atoms with van der Waals surface area (Å²) in [4.78, 5) is 40.5. The van der Waals surface area contributed by atoms with E-state index < -0.39 is 18.5 Å². The molecule has 9 heteroatoms. The molecule has 0 unspecified atom stereocenters. The average Bonchev–Trinajstić information content (AvgIpc) is 2.62. The zero-order valence-electron chi connectivity index (χ0n) is 13.6. The van der Waals surface area contributed by atoms with Gasteiger partial charge in [0.2, 0.25) is 5.91 Å². The van der Waals surface area contributed by atoms with Crippen LogP contribution < -0.4 is 10.6 Å². The smallest absolute Gasteiger partial charge is 0.338 e. The molecule has 0 spiro atoms. The molecule has 2 amide bonds. The van der Waals surface area contributed by atoms with Gasteiger partial charge in [-0.2, -0.15) is 0 Å². The Kier molecular flexibility index (Phi) is 5.43. The van der Waals surface area contributed by atoms with Crippen molar-refractivity contribution in [3.05, 3.63) is 47.2 Å². The van der Waals surface area contributed by atoms with Crippen LogP contribution in [-0.4, -0.2) is 34.6 Å². The first-order valence-electron chi connectivity index (χ1n) is 7.63. The molecule has 1 aliphatic rings. The lowest BCUT2D eigenvalue weighted by Gasteiger charge is -2.21. The number of carbonyl (C=O) groups excluding carboxylic acids is 3. The van der Waals surface area contributed by atoms with E-state index >= 15 is 0 Å². The molecule has 1 aromatic heterocycles. The van der Waals surface area contributed by atoms with Gasteiger partial charge >= 0.3 is 5.97 Å². The fourth-order valence-electron chi connectivity index (χ4n) is 2.22. The van der Waals surface area contributed by atoms with Crippen LogP contribution in [0, 0.1) is 0 Å². The van der Waals surface area contributed by atoms with E-state index in [2.05, 4.69) is 15.6 Å². The second-order valence-electron chi connectivity index (χ2n) is 5.43. The number of hydrogen-bond acceptors (Lipinski definition) is 6. The van der Waals surface area contributed by atoms with Gasteiger partial charge in [-0.25, -0.2) is 9.78 Å². The molecular formula is C17H14ClN3O4S. The number of amides is 2. The number of esters is 1. The van der Waals surface area contributed by atoms with Gasteiger partial charge in [0.05, 0.1) is 22.2 Å². The number of halogens is 1. The van der Waals surface area contributed by atoms with E-state index in [4.69, 9.17) is 16.3 Å². The van der Waals surface area contributed by atoms with Gasteiger partial charge in [-0.15, -0.1) is 11.8 Å². The summed E-state index contributed by atoms with van der Waals surface area (Å²) in [5, 5.41) is 5.20. The van der Waals surface area contributed by atoms with Crippen molar-refractivity contribution in [2.24, 2.45) is 0 Å². The van der Waals surface area contributed by atoms with Crippen molar-refractivity contribution in [2.75, 3.05) is 17.2 Å². The molecule has 0 saturated heterocycles. The zero-order valence-corrected chi connectivity index (χ0v) is 15.2. The molecule has 0 radical (unpaired) electrons. The normalized spacial score (nSPS) is 15.6. The minimum Gasteiger partial charge on any atom is -0.452 e. The fourth-order valence-corrected chi connectivity index (χ4v) is 3.31. The fraction of sp³-hybridized carbons (Fsp3) is 0.176. The monoisotopic (exact) mass is 391 g/mol. The first-order valence-corrected chi connectivity index (χ1v) is 8.89. The molecule has 1 aliphatic heterocycles. The molecule has 2 N–H and O–H groups in total. The number of ether oxygens (including phenoxy) is 1. The van der Waals surface area contributed by atoms with Crippen LogP contribution in [-0.2, 0) is 14.3 Å². The zero-order chi connectivity index (χ0) is 18.7. The van der Waals surface area contributed by atoms with Crippen molar-refractivity contribution in [3.8, 4) is 0 Å². The molecule has 0 aliphatic carbocycles. The standard InChI is InChI=1S/C17H14ClN3O4S/c1-9-16(23)21-12-7-10(4-5-13(12)26-9)17(24)25-8-14(22)20-11-3-2-6-19-15(11)18/h2-7,9H,8H2,1H3,(H,20,22)(H,21,23)/t9-/m0/s1. The number of anilines is 2. The van der Waals surface area contributed by atoms with Crippen LogP contribution in [0.3, 0.4) is 0 Å². The number of rotatable bonds is 4. The molecule has 2 heterocycles. The third-order valence-corrected chi connectivity index (χ3v) is 4.99. The van der Waals surface area contributed by atoms with Crippen molar-refractivity contribution in [1.29, 1.82) is 0 Å². The number of benzene rings is 1. The molecule has 134 valence electrons. The Hall–Kier alpha value is -2.58. The van der Waals surface area contributed by atoms with Gasteiger partial charge in [-0.3, -0.25) is 9.59 Å². The van der Waals surface area contributed by atoms with E-state index in [1.165, 1.54) is 24.0 Å². The number of hydrogen-bond donors (Lipinski definition) is 2. The van der Waals surface area contributed by atoms with Gasteiger partial charge in [-0.1, -0.05) is 11.6 Å². The minimum absolute atomic E-state index is 0.124. The van der Waals surface area contributed by atoms with Crippen LogP contribution in [0.1, 0.15) is 17.3 Å². The van der Waals surface area contributed by atoms with Crippen LogP contribution in [0.25, 0.3) is 0 Å². The van der Waals surface area contributed by atoms with Gasteiger partial charge in [0.1, 0.15) is 0 Å². The van der Waals surface area contributed by atoms with Crippen LogP contribution in [0.4, 0.5) is 11.4 Å². The molecule has 0 fully saturated rings.